The molecule has 0 radical (unpaired) electrons. The predicted molar refractivity (Wildman–Crippen MR) is 99.8 cm³/mol. The molecule has 9 nitrogen and oxygen atoms in total. The second-order valence-electron chi connectivity index (χ2n) is 6.77. The van der Waals surface area contributed by atoms with Crippen LogP contribution in [0.4, 0.5) is 0 Å². The van der Waals surface area contributed by atoms with E-state index < -0.39 is 17.9 Å². The summed E-state index contributed by atoms with van der Waals surface area (Å²) < 4.78 is 10.3. The van der Waals surface area contributed by atoms with Crippen LogP contribution in [0.25, 0.3) is 0 Å². The van der Waals surface area contributed by atoms with Crippen LogP contribution in [0.15, 0.2) is 12.1 Å². The fraction of sp³-hybridized carbons (Fsp3) is 0.500. The zero-order valence-electron chi connectivity index (χ0n) is 14.8. The van der Waals surface area contributed by atoms with Gasteiger partial charge in [-0.05, 0) is 29.7 Å². The lowest BCUT2D eigenvalue weighted by atomic mass is 9.69. The monoisotopic (exact) mass is 397 g/mol. The highest BCUT2D eigenvalue weighted by Crippen LogP contribution is 2.40. The van der Waals surface area contributed by atoms with Gasteiger partial charge in [0.25, 0.3) is 0 Å². The van der Waals surface area contributed by atoms with E-state index in [1.807, 2.05) is 0 Å². The molecule has 0 aliphatic carbocycles. The van der Waals surface area contributed by atoms with Gasteiger partial charge in [-0.25, -0.2) is 4.79 Å². The van der Waals surface area contributed by atoms with E-state index in [0.29, 0.717) is 31.1 Å². The molecule has 1 saturated heterocycles. The molecule has 0 bridgehead atoms. The number of benzene rings is 1. The lowest BCUT2D eigenvalue weighted by Crippen LogP contribution is -2.57. The molecular formula is C16H22BN2O7S-. The average molecular weight is 397 g/mol. The number of ether oxygens (including phenoxy) is 1. The van der Waals surface area contributed by atoms with Gasteiger partial charge in [-0.2, -0.15) is 11.8 Å². The molecule has 0 aromatic heterocycles. The maximum atomic E-state index is 12.2. The minimum Gasteiger partial charge on any atom is -0.669 e. The maximum Gasteiger partial charge on any atom is 0.443 e. The van der Waals surface area contributed by atoms with Crippen LogP contribution < -0.4 is 15.1 Å². The van der Waals surface area contributed by atoms with Crippen molar-refractivity contribution in [2.75, 3.05) is 32.5 Å². The second-order valence-corrected chi connectivity index (χ2v) is 8.00. The number of carboxylic acid groups (broad SMARTS) is 1. The molecule has 1 aromatic carbocycles. The number of carbonyl (C=O) groups is 2. The average Bonchev–Trinajstić information content (AvgIpc) is 2.57. The van der Waals surface area contributed by atoms with Crippen LogP contribution in [0.5, 0.6) is 11.5 Å². The van der Waals surface area contributed by atoms with Gasteiger partial charge in [0.2, 0.25) is 5.91 Å². The SMILES string of the molecule is COc1ccc2c(c1C(=O)O)O[B-](O)(O)[C@@H](SCC(=O)N1CC(CN)C1)C2. The number of aromatic carboxylic acids is 1. The van der Waals surface area contributed by atoms with Crippen LogP contribution in [0.3, 0.4) is 0 Å². The summed E-state index contributed by atoms with van der Waals surface area (Å²) in [5.41, 5.74) is 5.81. The minimum absolute atomic E-state index is 0.0707. The number of nitrogens with two attached hydrogens (primary N) is 1. The summed E-state index contributed by atoms with van der Waals surface area (Å²) in [5, 5.41) is 29.3. The molecule has 11 heteroatoms. The van der Waals surface area contributed by atoms with E-state index in [1.165, 1.54) is 13.2 Å². The number of nitrogens with zero attached hydrogens (tertiary/aromatic N) is 1. The quantitative estimate of drug-likeness (QED) is 0.459. The molecule has 0 saturated carbocycles. The van der Waals surface area contributed by atoms with Crippen molar-refractivity contribution in [2.45, 2.75) is 11.6 Å². The lowest BCUT2D eigenvalue weighted by molar-refractivity contribution is -0.134. The van der Waals surface area contributed by atoms with Crippen LogP contribution in [0.2, 0.25) is 0 Å². The first-order chi connectivity index (χ1) is 12.8. The summed E-state index contributed by atoms with van der Waals surface area (Å²) in [4.78, 5) is 25.4. The number of hydrogen-bond acceptors (Lipinski definition) is 8. The Morgan fingerprint density at radius 1 is 1.41 bits per heavy atom. The Hall–Kier alpha value is -1.95. The first-order valence-corrected chi connectivity index (χ1v) is 9.62. The number of rotatable bonds is 6. The van der Waals surface area contributed by atoms with Gasteiger partial charge in [-0.1, -0.05) is 6.07 Å². The third-order valence-electron chi connectivity index (χ3n) is 4.90. The topological polar surface area (TPSA) is 143 Å². The number of hydrogen-bond donors (Lipinski definition) is 4. The standard InChI is InChI=1S/C16H22BN2O7S/c1-25-11-3-2-10-4-12(17(23,24)26-15(10)14(11)16(21)22)27-8-13(20)19-6-9(5-18)7-19/h2-3,9,12,23-24H,4-8,18H2,1H3,(H,21,22)/q-1/t12-/m0/s1. The predicted octanol–water partition coefficient (Wildman–Crippen LogP) is -0.690. The van der Waals surface area contributed by atoms with E-state index in [-0.39, 0.29) is 35.1 Å². The summed E-state index contributed by atoms with van der Waals surface area (Å²) >= 11 is 1.09. The zero-order valence-corrected chi connectivity index (χ0v) is 15.6. The van der Waals surface area contributed by atoms with Crippen molar-refractivity contribution < 1.29 is 34.1 Å². The maximum absolute atomic E-state index is 12.2. The normalized spacial score (nSPS) is 21.0. The van der Waals surface area contributed by atoms with Gasteiger partial charge in [-0.15, -0.1) is 0 Å². The van der Waals surface area contributed by atoms with E-state index in [2.05, 4.69) is 0 Å². The van der Waals surface area contributed by atoms with E-state index in [0.717, 1.165) is 11.8 Å². The first-order valence-electron chi connectivity index (χ1n) is 8.57. The lowest BCUT2D eigenvalue weighted by Gasteiger charge is -2.44. The molecule has 3 rings (SSSR count). The van der Waals surface area contributed by atoms with Crippen LogP contribution in [-0.2, 0) is 11.2 Å². The molecule has 2 aliphatic rings. The van der Waals surface area contributed by atoms with Crippen molar-refractivity contribution in [3.8, 4) is 11.5 Å². The van der Waals surface area contributed by atoms with Gasteiger partial charge < -0.3 is 35.2 Å². The molecular weight excluding hydrogens is 375 g/mol. The molecule has 27 heavy (non-hydrogen) atoms. The Balaban J connectivity index is 1.72. The van der Waals surface area contributed by atoms with Crippen LogP contribution in [0.1, 0.15) is 15.9 Å². The summed E-state index contributed by atoms with van der Waals surface area (Å²) in [6.45, 7) is -1.56. The molecule has 1 aromatic rings. The molecule has 5 N–H and O–H groups in total. The Morgan fingerprint density at radius 2 is 2.11 bits per heavy atom. The summed E-state index contributed by atoms with van der Waals surface area (Å²) in [7, 11) is 1.32. The van der Waals surface area contributed by atoms with Gasteiger partial charge in [0, 0.05) is 19.0 Å². The molecule has 1 atom stereocenters. The van der Waals surface area contributed by atoms with Crippen molar-refractivity contribution in [3.63, 3.8) is 0 Å². The highest BCUT2D eigenvalue weighted by molar-refractivity contribution is 8.02. The third kappa shape index (κ3) is 3.86. The van der Waals surface area contributed by atoms with Crippen molar-refractivity contribution in [3.05, 3.63) is 23.3 Å². The van der Waals surface area contributed by atoms with E-state index in [4.69, 9.17) is 15.1 Å². The second kappa shape index (κ2) is 7.59. The van der Waals surface area contributed by atoms with Crippen molar-refractivity contribution >= 4 is 30.4 Å². The number of likely N-dealkylation sites (tertiary alicyclic amines) is 1. The van der Waals surface area contributed by atoms with Crippen molar-refractivity contribution in [1.29, 1.82) is 0 Å². The van der Waals surface area contributed by atoms with Gasteiger partial charge >= 0.3 is 12.7 Å². The van der Waals surface area contributed by atoms with Crippen LogP contribution in [-0.4, -0.2) is 76.3 Å². The number of thioether (sulfide) groups is 1. The Bertz CT molecular complexity index is 755. The number of amides is 1. The smallest absolute Gasteiger partial charge is 0.443 e. The Kier molecular flexibility index (Phi) is 5.56. The number of fused-ring (bicyclic) bond motifs is 1. The van der Waals surface area contributed by atoms with Crippen molar-refractivity contribution in [2.24, 2.45) is 11.7 Å². The number of carbonyl (C=O) groups excluding carboxylic acids is 1. The van der Waals surface area contributed by atoms with E-state index >= 15 is 0 Å². The van der Waals surface area contributed by atoms with Crippen molar-refractivity contribution in [1.82, 2.24) is 4.90 Å². The molecule has 2 aliphatic heterocycles. The van der Waals surface area contributed by atoms with Gasteiger partial charge in [-0.3, -0.25) is 4.79 Å². The summed E-state index contributed by atoms with van der Waals surface area (Å²) in [5.74, 6) is -1.02. The Morgan fingerprint density at radius 3 is 2.70 bits per heavy atom. The highest BCUT2D eigenvalue weighted by atomic mass is 32.2. The first kappa shape index (κ1) is 19.8. The largest absolute Gasteiger partial charge is 0.669 e. The summed E-state index contributed by atoms with van der Waals surface area (Å²) in [6, 6.07) is 3.13. The fourth-order valence-corrected chi connectivity index (χ4v) is 4.41. The Labute approximate surface area is 160 Å². The van der Waals surface area contributed by atoms with Gasteiger partial charge in [0.15, 0.2) is 0 Å². The third-order valence-corrected chi connectivity index (χ3v) is 6.26. The molecule has 1 fully saturated rings. The number of carboxylic acids is 1. The fourth-order valence-electron chi connectivity index (χ4n) is 3.27. The molecule has 1 amide bonds. The molecule has 148 valence electrons. The highest BCUT2D eigenvalue weighted by Gasteiger charge is 2.42. The molecule has 2 heterocycles. The minimum atomic E-state index is -3.34. The number of methoxy groups -OCH3 is 1. The molecule has 0 spiro atoms. The van der Waals surface area contributed by atoms with Gasteiger partial charge in [0.1, 0.15) is 11.3 Å². The van der Waals surface area contributed by atoms with Gasteiger partial charge in [0.05, 0.1) is 18.6 Å². The van der Waals surface area contributed by atoms with E-state index in [1.54, 1.807) is 11.0 Å². The van der Waals surface area contributed by atoms with E-state index in [9.17, 15) is 24.7 Å². The van der Waals surface area contributed by atoms with Crippen LogP contribution in [0, 0.1) is 5.92 Å². The summed E-state index contributed by atoms with van der Waals surface area (Å²) in [6.07, 6.45) is 0.163. The molecule has 0 unspecified atom stereocenters. The van der Waals surface area contributed by atoms with Crippen LogP contribution >= 0.6 is 11.8 Å². The zero-order chi connectivity index (χ0) is 19.8.